The van der Waals surface area contributed by atoms with E-state index in [2.05, 4.69) is 15.6 Å². The summed E-state index contributed by atoms with van der Waals surface area (Å²) >= 11 is 0. The van der Waals surface area contributed by atoms with Crippen molar-refractivity contribution in [3.8, 4) is 5.75 Å². The smallest absolute Gasteiger partial charge is 0.271 e. The predicted molar refractivity (Wildman–Crippen MR) is 85.8 cm³/mol. The van der Waals surface area contributed by atoms with Crippen LogP contribution in [0.25, 0.3) is 11.0 Å². The highest BCUT2D eigenvalue weighted by Gasteiger charge is 2.15. The minimum atomic E-state index is -0.542. The first-order valence-electron chi connectivity index (χ1n) is 6.99. The second-order valence-electron chi connectivity index (χ2n) is 4.93. The van der Waals surface area contributed by atoms with Gasteiger partial charge in [-0.2, -0.15) is 0 Å². The Hall–Kier alpha value is -3.49. The molecule has 1 N–H and O–H groups in total. The Kier molecular flexibility index (Phi) is 4.06. The van der Waals surface area contributed by atoms with Crippen LogP contribution < -0.4 is 10.1 Å². The Bertz CT molecular complexity index is 921. The second kappa shape index (κ2) is 6.32. The van der Waals surface area contributed by atoms with Crippen LogP contribution in [0.2, 0.25) is 0 Å². The molecule has 0 bridgehead atoms. The molecule has 0 fully saturated rings. The van der Waals surface area contributed by atoms with Gasteiger partial charge in [0.15, 0.2) is 0 Å². The molecule has 1 aromatic heterocycles. The van der Waals surface area contributed by atoms with Crippen LogP contribution in [0.5, 0.6) is 5.75 Å². The first-order valence-corrected chi connectivity index (χ1v) is 6.99. The zero-order valence-electron chi connectivity index (χ0n) is 12.7. The van der Waals surface area contributed by atoms with E-state index in [1.54, 1.807) is 12.1 Å². The largest absolute Gasteiger partial charge is 0.495 e. The second-order valence-corrected chi connectivity index (χ2v) is 4.93. The van der Waals surface area contributed by atoms with Crippen LogP contribution in [0.15, 0.2) is 42.5 Å². The quantitative estimate of drug-likeness (QED) is 0.566. The predicted octanol–water partition coefficient (Wildman–Crippen LogP) is 1.99. The lowest BCUT2D eigenvalue weighted by molar-refractivity contribution is -0.384. The molecule has 0 saturated carbocycles. The minimum Gasteiger partial charge on any atom is -0.495 e. The van der Waals surface area contributed by atoms with Gasteiger partial charge in [-0.05, 0) is 18.2 Å². The van der Waals surface area contributed by atoms with E-state index < -0.39 is 10.8 Å². The molecule has 0 aliphatic rings. The highest BCUT2D eigenvalue weighted by Crippen LogP contribution is 2.28. The van der Waals surface area contributed by atoms with E-state index in [0.29, 0.717) is 11.3 Å². The molecular weight excluding hydrogens is 314 g/mol. The number of aromatic nitrogens is 3. The van der Waals surface area contributed by atoms with Gasteiger partial charge < -0.3 is 10.1 Å². The number of carbonyl (C=O) groups is 1. The van der Waals surface area contributed by atoms with Crippen molar-refractivity contribution in [1.29, 1.82) is 0 Å². The normalized spacial score (nSPS) is 10.5. The van der Waals surface area contributed by atoms with Gasteiger partial charge in [-0.25, -0.2) is 4.68 Å². The number of hydrogen-bond donors (Lipinski definition) is 1. The van der Waals surface area contributed by atoms with Gasteiger partial charge in [-0.3, -0.25) is 14.9 Å². The van der Waals surface area contributed by atoms with E-state index >= 15 is 0 Å². The van der Waals surface area contributed by atoms with Crippen LogP contribution in [-0.2, 0) is 11.3 Å². The van der Waals surface area contributed by atoms with Gasteiger partial charge in [0.05, 0.1) is 23.2 Å². The number of ether oxygens (including phenoxy) is 1. The molecule has 122 valence electrons. The maximum atomic E-state index is 12.2. The van der Waals surface area contributed by atoms with Crippen LogP contribution in [0.1, 0.15) is 0 Å². The average molecular weight is 327 g/mol. The molecule has 0 radical (unpaired) electrons. The maximum absolute atomic E-state index is 12.2. The Morgan fingerprint density at radius 2 is 2.12 bits per heavy atom. The standard InChI is InChI=1S/C15H13N5O4/c1-24-14-7-6-10(20(22)23)8-12(14)16-15(21)9-19-13-5-3-2-4-11(13)17-18-19/h2-8H,9H2,1H3,(H,16,21). The fourth-order valence-electron chi connectivity index (χ4n) is 2.27. The summed E-state index contributed by atoms with van der Waals surface area (Å²) in [4.78, 5) is 22.6. The van der Waals surface area contributed by atoms with Gasteiger partial charge >= 0.3 is 0 Å². The summed E-state index contributed by atoms with van der Waals surface area (Å²) in [5.41, 5.74) is 1.48. The van der Waals surface area contributed by atoms with Crippen molar-refractivity contribution < 1.29 is 14.5 Å². The number of para-hydroxylation sites is 1. The van der Waals surface area contributed by atoms with Crippen LogP contribution in [0, 0.1) is 10.1 Å². The first kappa shape index (κ1) is 15.4. The number of anilines is 1. The fraction of sp³-hybridized carbons (Fsp3) is 0.133. The number of benzene rings is 2. The average Bonchev–Trinajstić information content (AvgIpc) is 2.98. The summed E-state index contributed by atoms with van der Waals surface area (Å²) in [6, 6.07) is 11.2. The SMILES string of the molecule is COc1ccc([N+](=O)[O-])cc1NC(=O)Cn1nnc2ccccc21. The number of amides is 1. The highest BCUT2D eigenvalue weighted by atomic mass is 16.6. The number of nitrogens with zero attached hydrogens (tertiary/aromatic N) is 4. The topological polar surface area (TPSA) is 112 Å². The summed E-state index contributed by atoms with van der Waals surface area (Å²) in [6.07, 6.45) is 0. The summed E-state index contributed by atoms with van der Waals surface area (Å²) in [5.74, 6) is -0.0677. The third kappa shape index (κ3) is 3.00. The van der Waals surface area contributed by atoms with Gasteiger partial charge in [-0.15, -0.1) is 5.10 Å². The number of non-ortho nitro benzene ring substituents is 1. The number of fused-ring (bicyclic) bond motifs is 1. The zero-order chi connectivity index (χ0) is 17.1. The lowest BCUT2D eigenvalue weighted by Crippen LogP contribution is -2.20. The monoisotopic (exact) mass is 327 g/mol. The summed E-state index contributed by atoms with van der Waals surface area (Å²) in [6.45, 7) is -0.0770. The van der Waals surface area contributed by atoms with Crippen molar-refractivity contribution in [3.63, 3.8) is 0 Å². The summed E-state index contributed by atoms with van der Waals surface area (Å²) in [5, 5.41) is 21.4. The molecule has 24 heavy (non-hydrogen) atoms. The Morgan fingerprint density at radius 3 is 2.88 bits per heavy atom. The maximum Gasteiger partial charge on any atom is 0.271 e. The van der Waals surface area contributed by atoms with Crippen molar-refractivity contribution in [2.45, 2.75) is 6.54 Å². The molecule has 3 aromatic rings. The molecular formula is C15H13N5O4. The Balaban J connectivity index is 1.82. The van der Waals surface area contributed by atoms with Crippen molar-refractivity contribution in [2.24, 2.45) is 0 Å². The number of rotatable bonds is 5. The number of nitrogens with one attached hydrogen (secondary N) is 1. The van der Waals surface area contributed by atoms with Crippen LogP contribution in [0.3, 0.4) is 0 Å². The van der Waals surface area contributed by atoms with E-state index in [1.807, 2.05) is 12.1 Å². The summed E-state index contributed by atoms with van der Waals surface area (Å²) in [7, 11) is 1.42. The molecule has 0 spiro atoms. The van der Waals surface area contributed by atoms with Crippen molar-refractivity contribution in [1.82, 2.24) is 15.0 Å². The van der Waals surface area contributed by atoms with Gasteiger partial charge in [0.25, 0.3) is 5.69 Å². The van der Waals surface area contributed by atoms with Crippen molar-refractivity contribution in [2.75, 3.05) is 12.4 Å². The first-order chi connectivity index (χ1) is 11.6. The van der Waals surface area contributed by atoms with Gasteiger partial charge in [-0.1, -0.05) is 17.3 Å². The summed E-state index contributed by atoms with van der Waals surface area (Å²) < 4.78 is 6.57. The van der Waals surface area contributed by atoms with Gasteiger partial charge in [0.2, 0.25) is 5.91 Å². The number of carbonyl (C=O) groups excluding carboxylic acids is 1. The number of methoxy groups -OCH3 is 1. The fourth-order valence-corrected chi connectivity index (χ4v) is 2.27. The van der Waals surface area contributed by atoms with Gasteiger partial charge in [0, 0.05) is 12.1 Å². The molecule has 0 aliphatic heterocycles. The van der Waals surface area contributed by atoms with Crippen LogP contribution >= 0.6 is 0 Å². The van der Waals surface area contributed by atoms with Gasteiger partial charge in [0.1, 0.15) is 17.8 Å². The number of nitro benzene ring substituents is 1. The molecule has 0 aliphatic carbocycles. The Morgan fingerprint density at radius 1 is 1.33 bits per heavy atom. The van der Waals surface area contributed by atoms with E-state index in [9.17, 15) is 14.9 Å². The third-order valence-corrected chi connectivity index (χ3v) is 3.38. The third-order valence-electron chi connectivity index (χ3n) is 3.38. The van der Waals surface area contributed by atoms with Crippen LogP contribution in [0.4, 0.5) is 11.4 Å². The van der Waals surface area contributed by atoms with E-state index in [1.165, 1.54) is 30.0 Å². The molecule has 2 aromatic carbocycles. The molecule has 0 atom stereocenters. The highest BCUT2D eigenvalue weighted by molar-refractivity contribution is 5.93. The van der Waals surface area contributed by atoms with Crippen molar-refractivity contribution in [3.05, 3.63) is 52.6 Å². The molecule has 1 amide bonds. The molecule has 1 heterocycles. The number of hydrogen-bond acceptors (Lipinski definition) is 6. The van der Waals surface area contributed by atoms with E-state index in [-0.39, 0.29) is 17.9 Å². The molecule has 0 unspecified atom stereocenters. The van der Waals surface area contributed by atoms with E-state index in [0.717, 1.165) is 5.52 Å². The minimum absolute atomic E-state index is 0.0770. The van der Waals surface area contributed by atoms with Crippen molar-refractivity contribution >= 4 is 28.3 Å². The molecule has 9 nitrogen and oxygen atoms in total. The number of nitro groups is 1. The Labute approximate surface area is 136 Å². The van der Waals surface area contributed by atoms with E-state index in [4.69, 9.17) is 4.74 Å². The molecule has 3 rings (SSSR count). The molecule has 9 heteroatoms. The van der Waals surface area contributed by atoms with Crippen LogP contribution in [-0.4, -0.2) is 32.9 Å². The zero-order valence-corrected chi connectivity index (χ0v) is 12.7. The molecule has 0 saturated heterocycles. The lowest BCUT2D eigenvalue weighted by atomic mass is 10.2. The lowest BCUT2D eigenvalue weighted by Gasteiger charge is -2.10.